The maximum Gasteiger partial charge on any atom is 0.315 e. The van der Waals surface area contributed by atoms with Crippen LogP contribution in [0.25, 0.3) is 0 Å². The van der Waals surface area contributed by atoms with E-state index in [-0.39, 0.29) is 11.6 Å². The average molecular weight is 290 g/mol. The van der Waals surface area contributed by atoms with Gasteiger partial charge in [0.2, 0.25) is 0 Å². The predicted octanol–water partition coefficient (Wildman–Crippen LogP) is 2.52. The lowest BCUT2D eigenvalue weighted by Gasteiger charge is -2.28. The van der Waals surface area contributed by atoms with Crippen LogP contribution in [-0.4, -0.2) is 29.1 Å². The fraction of sp³-hybridized carbons (Fsp3) is 0.357. The lowest BCUT2D eigenvalue weighted by atomic mass is 9.79. The van der Waals surface area contributed by atoms with E-state index in [1.54, 1.807) is 26.0 Å². The van der Waals surface area contributed by atoms with E-state index in [0.717, 1.165) is 0 Å². The van der Waals surface area contributed by atoms with Gasteiger partial charge >= 0.3 is 5.97 Å². The molecule has 1 unspecified atom stereocenters. The Kier molecular flexibility index (Phi) is 4.27. The summed E-state index contributed by atoms with van der Waals surface area (Å²) in [5, 5.41) is 7.42. The number of furan rings is 1. The van der Waals surface area contributed by atoms with Gasteiger partial charge in [-0.05, 0) is 31.9 Å². The van der Waals surface area contributed by atoms with Gasteiger partial charge in [0.15, 0.2) is 0 Å². The molecule has 1 aromatic heterocycles. The van der Waals surface area contributed by atoms with Gasteiger partial charge in [0.1, 0.15) is 16.7 Å². The zero-order valence-corrected chi connectivity index (χ0v) is 12.0. The second-order valence-corrected chi connectivity index (χ2v) is 4.71. The van der Waals surface area contributed by atoms with Crippen LogP contribution in [0.2, 0.25) is 0 Å². The van der Waals surface area contributed by atoms with Crippen LogP contribution >= 0.6 is 12.2 Å². The third kappa shape index (κ3) is 2.48. The van der Waals surface area contributed by atoms with E-state index in [2.05, 4.69) is 10.9 Å². The third-order valence-electron chi connectivity index (χ3n) is 3.13. The molecule has 0 saturated heterocycles. The molecule has 2 atom stereocenters. The normalized spacial score (nSPS) is 22.2. The number of aliphatic imine (C=N–C) groups is 1. The molecule has 2 rings (SSSR count). The molecule has 2 heterocycles. The Labute approximate surface area is 121 Å². The summed E-state index contributed by atoms with van der Waals surface area (Å²) >= 11 is 5.16. The lowest BCUT2D eigenvalue weighted by Crippen LogP contribution is -2.36. The average Bonchev–Trinajstić information content (AvgIpc) is 2.91. The molecule has 0 aliphatic carbocycles. The molecule has 0 spiro atoms. The molecule has 0 radical (unpaired) electrons. The maximum absolute atomic E-state index is 12.2. The second-order valence-electron chi connectivity index (χ2n) is 4.32. The van der Waals surface area contributed by atoms with Crippen molar-refractivity contribution in [2.75, 3.05) is 6.61 Å². The number of hydrogen-bond acceptors (Lipinski definition) is 5. The zero-order valence-electron chi connectivity index (χ0n) is 11.2. The summed E-state index contributed by atoms with van der Waals surface area (Å²) in [6.45, 7) is 3.75. The first-order valence-electron chi connectivity index (χ1n) is 6.19. The number of nitrogens with one attached hydrogen (secondary N) is 1. The minimum absolute atomic E-state index is 0.263. The van der Waals surface area contributed by atoms with Crippen LogP contribution in [0, 0.1) is 11.3 Å². The van der Waals surface area contributed by atoms with Crippen LogP contribution in [0.15, 0.2) is 33.4 Å². The maximum atomic E-state index is 12.2. The van der Waals surface area contributed by atoms with Crippen molar-refractivity contribution in [3.8, 4) is 0 Å². The highest BCUT2D eigenvalue weighted by molar-refractivity contribution is 7.80. The summed E-state index contributed by atoms with van der Waals surface area (Å²) in [6.07, 6.45) is 1.52. The summed E-state index contributed by atoms with van der Waals surface area (Å²) < 4.78 is 10.5. The summed E-state index contributed by atoms with van der Waals surface area (Å²) in [5.41, 5.74) is 0.937. The number of rotatable bonds is 3. The number of nitrogens with zero attached hydrogens (tertiary/aromatic N) is 1. The molecule has 1 aliphatic rings. The quantitative estimate of drug-likeness (QED) is 0.402. The highest BCUT2D eigenvalue weighted by atomic mass is 32.1. The van der Waals surface area contributed by atoms with Gasteiger partial charge in [-0.15, -0.1) is 0 Å². The fourth-order valence-corrected chi connectivity index (χ4v) is 2.60. The zero-order chi connectivity index (χ0) is 14.7. The first-order chi connectivity index (χ1) is 9.60. The van der Waals surface area contributed by atoms with Crippen molar-refractivity contribution in [2.24, 2.45) is 10.9 Å². The van der Waals surface area contributed by atoms with Crippen molar-refractivity contribution in [1.82, 2.24) is 0 Å². The topological polar surface area (TPSA) is 75.7 Å². The minimum atomic E-state index is -0.638. The summed E-state index contributed by atoms with van der Waals surface area (Å²) in [5.74, 6) is 1.30. The molecular formula is C14H14N2O3S. The summed E-state index contributed by atoms with van der Waals surface area (Å²) in [6, 6.07) is 3.47. The van der Waals surface area contributed by atoms with Crippen molar-refractivity contribution in [3.63, 3.8) is 0 Å². The number of carbonyl (C=O) groups is 1. The lowest BCUT2D eigenvalue weighted by molar-refractivity contribution is -0.146. The van der Waals surface area contributed by atoms with Crippen LogP contribution in [0.3, 0.4) is 0 Å². The Hall–Kier alpha value is -2.04. The molecule has 1 aliphatic heterocycles. The largest absolute Gasteiger partial charge is 0.469 e. The van der Waals surface area contributed by atoms with E-state index in [9.17, 15) is 4.79 Å². The van der Waals surface area contributed by atoms with Crippen molar-refractivity contribution in [1.29, 1.82) is 5.41 Å². The molecule has 1 N–H and O–H groups in total. The van der Waals surface area contributed by atoms with Crippen LogP contribution in [-0.2, 0) is 9.53 Å². The van der Waals surface area contributed by atoms with E-state index < -0.39 is 17.8 Å². The standard InChI is InChI=1S/C14H14N2O3S/c1-3-18-14(17)11-8(2)16-13(20)9(7-15)12(11)10-5-4-6-19-10/h4-6,11-12,15H,3H2,1-2H3/t11?,12-/m0/s1. The predicted molar refractivity (Wildman–Crippen MR) is 78.5 cm³/mol. The Morgan fingerprint density at radius 3 is 2.95 bits per heavy atom. The Balaban J connectivity index is 2.55. The summed E-state index contributed by atoms with van der Waals surface area (Å²) in [4.78, 5) is 16.6. The molecule has 104 valence electrons. The second kappa shape index (κ2) is 5.94. The Bertz CT molecular complexity index is 612. The van der Waals surface area contributed by atoms with E-state index in [1.807, 2.05) is 0 Å². The molecule has 6 heteroatoms. The molecule has 0 amide bonds. The van der Waals surface area contributed by atoms with Gasteiger partial charge in [-0.2, -0.15) is 0 Å². The first-order valence-corrected chi connectivity index (χ1v) is 6.60. The number of thiocarbonyl (C=S) groups is 1. The van der Waals surface area contributed by atoms with Crippen molar-refractivity contribution in [3.05, 3.63) is 29.7 Å². The van der Waals surface area contributed by atoms with Gasteiger partial charge in [0, 0.05) is 5.71 Å². The summed E-state index contributed by atoms with van der Waals surface area (Å²) in [7, 11) is 0. The number of ether oxygens (including phenoxy) is 1. The molecule has 0 fully saturated rings. The van der Waals surface area contributed by atoms with Crippen LogP contribution in [0.1, 0.15) is 25.5 Å². The highest BCUT2D eigenvalue weighted by Crippen LogP contribution is 2.37. The Morgan fingerprint density at radius 2 is 2.40 bits per heavy atom. The van der Waals surface area contributed by atoms with Crippen molar-refractivity contribution >= 4 is 34.8 Å². The van der Waals surface area contributed by atoms with E-state index in [1.165, 1.54) is 6.26 Å². The van der Waals surface area contributed by atoms with E-state index >= 15 is 0 Å². The first kappa shape index (κ1) is 14.4. The number of esters is 1. The molecule has 0 bridgehead atoms. The van der Waals surface area contributed by atoms with Gasteiger partial charge in [-0.25, -0.2) is 4.99 Å². The third-order valence-corrected chi connectivity index (χ3v) is 3.44. The van der Waals surface area contributed by atoms with Gasteiger partial charge in [0.05, 0.1) is 24.4 Å². The van der Waals surface area contributed by atoms with E-state index in [4.69, 9.17) is 26.8 Å². The van der Waals surface area contributed by atoms with Gasteiger partial charge in [-0.1, -0.05) is 12.2 Å². The molecule has 5 nitrogen and oxygen atoms in total. The number of carbonyl (C=O) groups excluding carboxylic acids is 1. The van der Waals surface area contributed by atoms with Gasteiger partial charge in [0.25, 0.3) is 0 Å². The van der Waals surface area contributed by atoms with Crippen molar-refractivity contribution in [2.45, 2.75) is 19.8 Å². The molecule has 0 aromatic carbocycles. The molecule has 20 heavy (non-hydrogen) atoms. The minimum Gasteiger partial charge on any atom is -0.469 e. The van der Waals surface area contributed by atoms with Crippen LogP contribution in [0.5, 0.6) is 0 Å². The molecular weight excluding hydrogens is 276 g/mol. The van der Waals surface area contributed by atoms with E-state index in [0.29, 0.717) is 17.0 Å². The number of hydrogen-bond donors (Lipinski definition) is 1. The van der Waals surface area contributed by atoms with Gasteiger partial charge < -0.3 is 9.15 Å². The smallest absolute Gasteiger partial charge is 0.315 e. The SMILES string of the molecule is CCOC(=O)C1C(C)=NC(=S)C(=C=N)[C@H]1c1ccco1. The molecule has 0 saturated carbocycles. The van der Waals surface area contributed by atoms with Crippen molar-refractivity contribution < 1.29 is 13.9 Å². The monoisotopic (exact) mass is 290 g/mol. The van der Waals surface area contributed by atoms with Crippen LogP contribution < -0.4 is 0 Å². The fourth-order valence-electron chi connectivity index (χ4n) is 2.28. The highest BCUT2D eigenvalue weighted by Gasteiger charge is 2.42. The van der Waals surface area contributed by atoms with Gasteiger partial charge in [-0.3, -0.25) is 10.2 Å². The molecule has 1 aromatic rings. The van der Waals surface area contributed by atoms with Crippen LogP contribution in [0.4, 0.5) is 0 Å². The Morgan fingerprint density at radius 1 is 1.65 bits per heavy atom.